The van der Waals surface area contributed by atoms with Crippen molar-refractivity contribution in [3.63, 3.8) is 0 Å². The molecule has 4 nitrogen and oxygen atoms in total. The van der Waals surface area contributed by atoms with E-state index >= 15 is 0 Å². The molecule has 6 heteroatoms. The lowest BCUT2D eigenvalue weighted by Crippen LogP contribution is -2.16. The maximum Gasteiger partial charge on any atom is 0.272 e. The van der Waals surface area contributed by atoms with Crippen LogP contribution in [0, 0.1) is 0 Å². The summed E-state index contributed by atoms with van der Waals surface area (Å²) in [5.41, 5.74) is 1.67. The summed E-state index contributed by atoms with van der Waals surface area (Å²) in [6.45, 7) is 1.20. The van der Waals surface area contributed by atoms with Gasteiger partial charge in [0.15, 0.2) is 0 Å². The zero-order valence-corrected chi connectivity index (χ0v) is 12.1. The van der Waals surface area contributed by atoms with Crippen LogP contribution in [0.4, 0.5) is 14.5 Å². The van der Waals surface area contributed by atoms with Crippen LogP contribution in [-0.2, 0) is 6.42 Å². The van der Waals surface area contributed by atoms with Gasteiger partial charge in [0.2, 0.25) is 0 Å². The van der Waals surface area contributed by atoms with Crippen molar-refractivity contribution in [1.29, 1.82) is 0 Å². The first kappa shape index (κ1) is 15.9. The largest absolute Gasteiger partial charge is 0.485 e. The quantitative estimate of drug-likeness (QED) is 0.888. The number of hydrogen-bond donors (Lipinski definition) is 1. The van der Waals surface area contributed by atoms with E-state index in [4.69, 9.17) is 4.74 Å². The lowest BCUT2D eigenvalue weighted by atomic mass is 10.1. The van der Waals surface area contributed by atoms with Crippen molar-refractivity contribution >= 4 is 11.6 Å². The van der Waals surface area contributed by atoms with E-state index in [1.54, 1.807) is 30.5 Å². The Morgan fingerprint density at radius 2 is 2.09 bits per heavy atom. The molecule has 2 aromatic rings. The standard InChI is InChI=1S/C16H16F2N2O2/c1-2-11-9-19-8-7-12(11)16(21)20-13-5-3-4-6-14(13)22-10-15(17)18/h3-9,15H,2,10H2,1H3,(H,20,21). The number of anilines is 1. The highest BCUT2D eigenvalue weighted by Gasteiger charge is 2.13. The summed E-state index contributed by atoms with van der Waals surface area (Å²) in [6.07, 6.45) is 1.26. The number of carbonyl (C=O) groups is 1. The highest BCUT2D eigenvalue weighted by atomic mass is 19.3. The van der Waals surface area contributed by atoms with Gasteiger partial charge in [-0.05, 0) is 30.2 Å². The number of nitrogens with one attached hydrogen (secondary N) is 1. The fourth-order valence-corrected chi connectivity index (χ4v) is 1.97. The summed E-state index contributed by atoms with van der Waals surface area (Å²) in [6, 6.07) is 8.10. The fraction of sp³-hybridized carbons (Fsp3) is 0.250. The SMILES string of the molecule is CCc1cnccc1C(=O)Nc1ccccc1OCC(F)F. The second-order valence-electron chi connectivity index (χ2n) is 4.54. The maximum absolute atomic E-state index is 12.3. The zero-order chi connectivity index (χ0) is 15.9. The predicted molar refractivity (Wildman–Crippen MR) is 79.5 cm³/mol. The van der Waals surface area contributed by atoms with Gasteiger partial charge in [0.1, 0.15) is 12.4 Å². The number of rotatable bonds is 6. The number of aryl methyl sites for hydroxylation is 1. The molecule has 0 bridgehead atoms. The Kier molecular flexibility index (Phi) is 5.41. The molecule has 0 radical (unpaired) electrons. The van der Waals surface area contributed by atoms with Gasteiger partial charge in [-0.25, -0.2) is 8.78 Å². The van der Waals surface area contributed by atoms with Crippen LogP contribution in [0.25, 0.3) is 0 Å². The summed E-state index contributed by atoms with van der Waals surface area (Å²) in [5.74, 6) is -0.115. The monoisotopic (exact) mass is 306 g/mol. The van der Waals surface area contributed by atoms with Gasteiger partial charge in [0.05, 0.1) is 5.69 Å². The van der Waals surface area contributed by atoms with Crippen molar-refractivity contribution in [3.05, 3.63) is 53.9 Å². The molecule has 22 heavy (non-hydrogen) atoms. The molecule has 1 amide bonds. The van der Waals surface area contributed by atoms with Crippen LogP contribution in [0.3, 0.4) is 0 Å². The van der Waals surface area contributed by atoms with Crippen molar-refractivity contribution in [2.45, 2.75) is 19.8 Å². The minimum atomic E-state index is -2.57. The second kappa shape index (κ2) is 7.49. The first-order valence-corrected chi connectivity index (χ1v) is 6.86. The molecule has 116 valence electrons. The van der Waals surface area contributed by atoms with Gasteiger partial charge >= 0.3 is 0 Å². The van der Waals surface area contributed by atoms with Gasteiger partial charge in [-0.2, -0.15) is 0 Å². The van der Waals surface area contributed by atoms with Crippen molar-refractivity contribution < 1.29 is 18.3 Å². The molecule has 1 heterocycles. The van der Waals surface area contributed by atoms with E-state index < -0.39 is 13.0 Å². The van der Waals surface area contributed by atoms with Gasteiger partial charge in [0, 0.05) is 18.0 Å². The lowest BCUT2D eigenvalue weighted by Gasteiger charge is -2.13. The molecule has 0 atom stereocenters. The summed E-state index contributed by atoms with van der Waals surface area (Å²) in [7, 11) is 0. The highest BCUT2D eigenvalue weighted by molar-refractivity contribution is 6.05. The Bertz CT molecular complexity index is 648. The third-order valence-corrected chi connectivity index (χ3v) is 3.03. The van der Waals surface area contributed by atoms with Crippen molar-refractivity contribution in [1.82, 2.24) is 4.98 Å². The third kappa shape index (κ3) is 4.00. The van der Waals surface area contributed by atoms with E-state index in [0.717, 1.165) is 5.56 Å². The van der Waals surface area contributed by atoms with Crippen LogP contribution >= 0.6 is 0 Å². The van der Waals surface area contributed by atoms with Crippen LogP contribution in [0.2, 0.25) is 0 Å². The van der Waals surface area contributed by atoms with Crippen LogP contribution in [0.5, 0.6) is 5.75 Å². The van der Waals surface area contributed by atoms with Gasteiger partial charge in [-0.15, -0.1) is 0 Å². The molecule has 0 aliphatic carbocycles. The smallest absolute Gasteiger partial charge is 0.272 e. The molecular weight excluding hydrogens is 290 g/mol. The van der Waals surface area contributed by atoms with E-state index in [1.807, 2.05) is 6.92 Å². The number of amides is 1. The first-order chi connectivity index (χ1) is 10.6. The molecule has 0 aliphatic rings. The molecule has 0 unspecified atom stereocenters. The molecule has 1 N–H and O–H groups in total. The molecule has 0 aliphatic heterocycles. The number of halogens is 2. The Balaban J connectivity index is 2.18. The Morgan fingerprint density at radius 3 is 2.82 bits per heavy atom. The molecule has 0 fully saturated rings. The fourth-order valence-electron chi connectivity index (χ4n) is 1.97. The molecule has 1 aromatic heterocycles. The minimum absolute atomic E-state index is 0.211. The number of alkyl halides is 2. The van der Waals surface area contributed by atoms with Crippen LogP contribution in [0.1, 0.15) is 22.8 Å². The molecule has 0 saturated carbocycles. The predicted octanol–water partition coefficient (Wildman–Crippen LogP) is 3.54. The number of pyridine rings is 1. The van der Waals surface area contributed by atoms with Crippen molar-refractivity contribution in [2.24, 2.45) is 0 Å². The summed E-state index contributed by atoms with van der Waals surface area (Å²) in [4.78, 5) is 16.3. The van der Waals surface area contributed by atoms with Gasteiger partial charge in [-0.3, -0.25) is 9.78 Å². The molecule has 1 aromatic carbocycles. The first-order valence-electron chi connectivity index (χ1n) is 6.86. The van der Waals surface area contributed by atoms with Crippen molar-refractivity contribution in [3.8, 4) is 5.75 Å². The Morgan fingerprint density at radius 1 is 1.32 bits per heavy atom. The van der Waals surface area contributed by atoms with Gasteiger partial charge in [-0.1, -0.05) is 19.1 Å². The van der Waals surface area contributed by atoms with E-state index in [0.29, 0.717) is 17.7 Å². The average Bonchev–Trinajstić information content (AvgIpc) is 2.53. The van der Waals surface area contributed by atoms with E-state index in [-0.39, 0.29) is 11.7 Å². The van der Waals surface area contributed by atoms with E-state index in [2.05, 4.69) is 10.3 Å². The summed E-state index contributed by atoms with van der Waals surface area (Å²) in [5, 5.41) is 2.69. The Hall–Kier alpha value is -2.50. The number of para-hydroxylation sites is 2. The van der Waals surface area contributed by atoms with Crippen LogP contribution in [-0.4, -0.2) is 23.9 Å². The number of benzene rings is 1. The van der Waals surface area contributed by atoms with Crippen molar-refractivity contribution in [2.75, 3.05) is 11.9 Å². The highest BCUT2D eigenvalue weighted by Crippen LogP contribution is 2.25. The number of ether oxygens (including phenoxy) is 1. The molecular formula is C16H16F2N2O2. The lowest BCUT2D eigenvalue weighted by molar-refractivity contribution is 0.0822. The minimum Gasteiger partial charge on any atom is -0.485 e. The molecule has 2 rings (SSSR count). The van der Waals surface area contributed by atoms with Gasteiger partial charge < -0.3 is 10.1 Å². The van der Waals surface area contributed by atoms with Crippen LogP contribution < -0.4 is 10.1 Å². The van der Waals surface area contributed by atoms with Gasteiger partial charge in [0.25, 0.3) is 12.3 Å². The third-order valence-electron chi connectivity index (χ3n) is 3.03. The van der Waals surface area contributed by atoms with E-state index in [9.17, 15) is 13.6 Å². The maximum atomic E-state index is 12.3. The zero-order valence-electron chi connectivity index (χ0n) is 12.1. The molecule has 0 spiro atoms. The number of hydrogen-bond acceptors (Lipinski definition) is 3. The van der Waals surface area contributed by atoms with Crippen LogP contribution in [0.15, 0.2) is 42.7 Å². The second-order valence-corrected chi connectivity index (χ2v) is 4.54. The summed E-state index contributed by atoms with van der Waals surface area (Å²) >= 11 is 0. The average molecular weight is 306 g/mol. The number of aromatic nitrogens is 1. The molecule has 0 saturated heterocycles. The number of carbonyl (C=O) groups excluding carboxylic acids is 1. The topological polar surface area (TPSA) is 51.2 Å². The normalized spacial score (nSPS) is 10.5. The van der Waals surface area contributed by atoms with E-state index in [1.165, 1.54) is 12.3 Å². The Labute approximate surface area is 127 Å². The number of nitrogens with zero attached hydrogens (tertiary/aromatic N) is 1. The summed E-state index contributed by atoms with van der Waals surface area (Å²) < 4.78 is 29.5.